The van der Waals surface area contributed by atoms with E-state index in [1.54, 1.807) is 6.20 Å². The molecule has 0 spiro atoms. The molecule has 1 unspecified atom stereocenters. The summed E-state index contributed by atoms with van der Waals surface area (Å²) in [5, 5.41) is 0. The van der Waals surface area contributed by atoms with E-state index in [9.17, 15) is 0 Å². The molecule has 0 radical (unpaired) electrons. The molecule has 19 heavy (non-hydrogen) atoms. The summed E-state index contributed by atoms with van der Waals surface area (Å²) in [6.07, 6.45) is 4.33. The van der Waals surface area contributed by atoms with Crippen LogP contribution in [0.5, 0.6) is 0 Å². The van der Waals surface area contributed by atoms with Gasteiger partial charge in [-0.2, -0.15) is 0 Å². The van der Waals surface area contributed by atoms with Gasteiger partial charge in [-0.3, -0.25) is 5.84 Å². The van der Waals surface area contributed by atoms with Crippen molar-refractivity contribution in [3.63, 3.8) is 0 Å². The Morgan fingerprint density at radius 3 is 2.74 bits per heavy atom. The maximum atomic E-state index is 5.68. The van der Waals surface area contributed by atoms with Gasteiger partial charge in [0.15, 0.2) is 0 Å². The van der Waals surface area contributed by atoms with E-state index in [2.05, 4.69) is 53.5 Å². The summed E-state index contributed by atoms with van der Waals surface area (Å²) < 4.78 is 0. The molecule has 4 heteroatoms. The number of benzene rings is 1. The van der Waals surface area contributed by atoms with E-state index in [0.29, 0.717) is 5.92 Å². The summed E-state index contributed by atoms with van der Waals surface area (Å²) in [7, 11) is 0. The normalized spacial score (nSPS) is 12.6. The maximum Gasteiger partial charge on any atom is 0.115 e. The first-order valence-electron chi connectivity index (χ1n) is 6.51. The lowest BCUT2D eigenvalue weighted by Gasteiger charge is -2.17. The Balaban J connectivity index is 2.28. The van der Waals surface area contributed by atoms with Gasteiger partial charge in [0.1, 0.15) is 6.33 Å². The van der Waals surface area contributed by atoms with Crippen LogP contribution in [0.1, 0.15) is 36.7 Å². The van der Waals surface area contributed by atoms with Gasteiger partial charge < -0.3 is 0 Å². The lowest BCUT2D eigenvalue weighted by Crippen LogP contribution is -2.29. The molecule has 0 amide bonds. The first-order chi connectivity index (χ1) is 9.20. The molecule has 1 heterocycles. The van der Waals surface area contributed by atoms with Crippen LogP contribution in [0.2, 0.25) is 0 Å². The highest BCUT2D eigenvalue weighted by Gasteiger charge is 2.14. The van der Waals surface area contributed by atoms with Gasteiger partial charge in [-0.15, -0.1) is 0 Å². The Kier molecular flexibility index (Phi) is 4.60. The number of nitrogens with zero attached hydrogens (tertiary/aromatic N) is 2. The van der Waals surface area contributed by atoms with Crippen LogP contribution in [0.25, 0.3) is 0 Å². The predicted molar refractivity (Wildman–Crippen MR) is 76.2 cm³/mol. The van der Waals surface area contributed by atoms with Crippen LogP contribution in [-0.4, -0.2) is 9.97 Å². The predicted octanol–water partition coefficient (Wildman–Crippen LogP) is 2.23. The average Bonchev–Trinajstić information content (AvgIpc) is 2.40. The van der Waals surface area contributed by atoms with Crippen LogP contribution in [-0.2, 0) is 6.42 Å². The van der Waals surface area contributed by atoms with E-state index in [0.717, 1.165) is 17.7 Å². The first kappa shape index (κ1) is 13.6. The Labute approximate surface area is 114 Å². The number of aromatic nitrogens is 2. The number of rotatable bonds is 5. The van der Waals surface area contributed by atoms with Gasteiger partial charge in [-0.1, -0.05) is 38.1 Å². The number of hydrogen-bond donors (Lipinski definition) is 2. The number of nitrogens with two attached hydrogens (primary N) is 1. The highest BCUT2D eigenvalue weighted by molar-refractivity contribution is 5.31. The SMILES string of the molecule is CC(C)Cc1cccc(C(NN)c2ccncn2)c1. The lowest BCUT2D eigenvalue weighted by atomic mass is 9.97. The van der Waals surface area contributed by atoms with E-state index in [1.165, 1.54) is 11.9 Å². The molecule has 0 saturated heterocycles. The highest BCUT2D eigenvalue weighted by Crippen LogP contribution is 2.21. The van der Waals surface area contributed by atoms with E-state index in [1.807, 2.05) is 6.07 Å². The fourth-order valence-electron chi connectivity index (χ4n) is 2.20. The fraction of sp³-hybridized carbons (Fsp3) is 0.333. The molecule has 1 aromatic carbocycles. The van der Waals surface area contributed by atoms with Crippen LogP contribution in [0.15, 0.2) is 42.9 Å². The molecule has 0 saturated carbocycles. The van der Waals surface area contributed by atoms with Crippen molar-refractivity contribution in [1.29, 1.82) is 0 Å². The van der Waals surface area contributed by atoms with Crippen LogP contribution >= 0.6 is 0 Å². The van der Waals surface area contributed by atoms with Gasteiger partial charge in [0, 0.05) is 6.20 Å². The molecule has 4 nitrogen and oxygen atoms in total. The van der Waals surface area contributed by atoms with Crippen molar-refractivity contribution in [2.75, 3.05) is 0 Å². The van der Waals surface area contributed by atoms with E-state index >= 15 is 0 Å². The summed E-state index contributed by atoms with van der Waals surface area (Å²) in [6, 6.07) is 10.2. The summed E-state index contributed by atoms with van der Waals surface area (Å²) in [5.41, 5.74) is 6.14. The molecule has 0 aliphatic heterocycles. The van der Waals surface area contributed by atoms with Crippen LogP contribution < -0.4 is 11.3 Å². The zero-order valence-electron chi connectivity index (χ0n) is 11.4. The largest absolute Gasteiger partial charge is 0.271 e. The molecule has 0 aliphatic carbocycles. The zero-order chi connectivity index (χ0) is 13.7. The smallest absolute Gasteiger partial charge is 0.115 e. The van der Waals surface area contributed by atoms with E-state index in [4.69, 9.17) is 5.84 Å². The fourth-order valence-corrected chi connectivity index (χ4v) is 2.20. The second-order valence-electron chi connectivity index (χ2n) is 5.08. The molecule has 3 N–H and O–H groups in total. The molecular weight excluding hydrogens is 236 g/mol. The quantitative estimate of drug-likeness (QED) is 0.636. The second-order valence-corrected chi connectivity index (χ2v) is 5.08. The minimum absolute atomic E-state index is 0.102. The van der Waals surface area contributed by atoms with Gasteiger partial charge in [0.2, 0.25) is 0 Å². The summed E-state index contributed by atoms with van der Waals surface area (Å²) in [5.74, 6) is 6.32. The summed E-state index contributed by atoms with van der Waals surface area (Å²) in [6.45, 7) is 4.44. The third kappa shape index (κ3) is 3.59. The van der Waals surface area contributed by atoms with Gasteiger partial charge in [0.05, 0.1) is 11.7 Å². The molecule has 1 atom stereocenters. The summed E-state index contributed by atoms with van der Waals surface area (Å²) in [4.78, 5) is 8.20. The maximum absolute atomic E-state index is 5.68. The molecule has 100 valence electrons. The molecule has 2 aromatic rings. The average molecular weight is 256 g/mol. The standard InChI is InChI=1S/C15H20N4/c1-11(2)8-12-4-3-5-13(9-12)15(19-16)14-6-7-17-10-18-14/h3-7,9-11,15,19H,8,16H2,1-2H3. The van der Waals surface area contributed by atoms with Gasteiger partial charge >= 0.3 is 0 Å². The van der Waals surface area contributed by atoms with Crippen molar-refractivity contribution in [3.8, 4) is 0 Å². The van der Waals surface area contributed by atoms with Crippen LogP contribution in [0.3, 0.4) is 0 Å². The molecule has 2 rings (SSSR count). The van der Waals surface area contributed by atoms with Crippen molar-refractivity contribution in [3.05, 3.63) is 59.7 Å². The van der Waals surface area contributed by atoms with Crippen LogP contribution in [0, 0.1) is 5.92 Å². The van der Waals surface area contributed by atoms with Crippen molar-refractivity contribution in [1.82, 2.24) is 15.4 Å². The van der Waals surface area contributed by atoms with Gasteiger partial charge in [0.25, 0.3) is 0 Å². The lowest BCUT2D eigenvalue weighted by molar-refractivity contribution is 0.614. The van der Waals surface area contributed by atoms with Crippen molar-refractivity contribution < 1.29 is 0 Å². The van der Waals surface area contributed by atoms with Gasteiger partial charge in [-0.05, 0) is 29.5 Å². The Morgan fingerprint density at radius 1 is 1.26 bits per heavy atom. The molecule has 1 aromatic heterocycles. The van der Waals surface area contributed by atoms with Crippen molar-refractivity contribution in [2.45, 2.75) is 26.3 Å². The number of nitrogens with one attached hydrogen (secondary N) is 1. The number of hydrogen-bond acceptors (Lipinski definition) is 4. The second kappa shape index (κ2) is 6.41. The first-order valence-corrected chi connectivity index (χ1v) is 6.51. The highest BCUT2D eigenvalue weighted by atomic mass is 15.2. The topological polar surface area (TPSA) is 63.8 Å². The monoisotopic (exact) mass is 256 g/mol. The number of hydrazine groups is 1. The van der Waals surface area contributed by atoms with Crippen molar-refractivity contribution >= 4 is 0 Å². The van der Waals surface area contributed by atoms with Crippen LogP contribution in [0.4, 0.5) is 0 Å². The Hall–Kier alpha value is -1.78. The molecular formula is C15H20N4. The Morgan fingerprint density at radius 2 is 2.11 bits per heavy atom. The minimum atomic E-state index is -0.102. The third-order valence-corrected chi connectivity index (χ3v) is 3.00. The van der Waals surface area contributed by atoms with E-state index in [-0.39, 0.29) is 6.04 Å². The van der Waals surface area contributed by atoms with E-state index < -0.39 is 0 Å². The molecule has 0 bridgehead atoms. The minimum Gasteiger partial charge on any atom is -0.271 e. The molecule has 0 aliphatic rings. The third-order valence-electron chi connectivity index (χ3n) is 3.00. The van der Waals surface area contributed by atoms with Gasteiger partial charge in [-0.25, -0.2) is 15.4 Å². The zero-order valence-corrected chi connectivity index (χ0v) is 11.4. The van der Waals surface area contributed by atoms with Crippen molar-refractivity contribution in [2.24, 2.45) is 11.8 Å². The molecule has 0 fully saturated rings. The summed E-state index contributed by atoms with van der Waals surface area (Å²) >= 11 is 0. The Bertz CT molecular complexity index is 511.